The van der Waals surface area contributed by atoms with Crippen LogP contribution in [0.25, 0.3) is 0 Å². The first-order chi connectivity index (χ1) is 27.8. The third-order valence-corrected chi connectivity index (χ3v) is 9.24. The van der Waals surface area contributed by atoms with Crippen molar-refractivity contribution < 1.29 is 47.8 Å². The Morgan fingerprint density at radius 3 is 1.12 bits per heavy atom. The Morgan fingerprint density at radius 2 is 0.772 bits per heavy atom. The molecule has 0 aromatic carbocycles. The summed E-state index contributed by atoms with van der Waals surface area (Å²) in [6, 6.07) is 0. The Labute approximate surface area is 344 Å². The zero-order chi connectivity index (χ0) is 41.9. The summed E-state index contributed by atoms with van der Waals surface area (Å²) in [5, 5.41) is 19.2. The summed E-state index contributed by atoms with van der Waals surface area (Å²) < 4.78 is 32.5. The molecule has 0 aromatic rings. The van der Waals surface area contributed by atoms with E-state index in [-0.39, 0.29) is 12.8 Å². The monoisotopic (exact) mass is 819 g/mol. The minimum absolute atomic E-state index is 0.146. The summed E-state index contributed by atoms with van der Waals surface area (Å²) in [6.45, 7) is 1.89. The zero-order valence-corrected chi connectivity index (χ0v) is 35.9. The highest BCUT2D eigenvalue weighted by atomic mass is 31.2. The Morgan fingerprint density at radius 1 is 0.474 bits per heavy atom. The lowest BCUT2D eigenvalue weighted by molar-refractivity contribution is -0.153. The number of phosphoric acid groups is 1. The van der Waals surface area contributed by atoms with Gasteiger partial charge in [0.25, 0.3) is 0 Å². The molecule has 11 heteroatoms. The van der Waals surface area contributed by atoms with Crippen LogP contribution < -0.4 is 0 Å². The standard InChI is InChI=1S/C46H75O10P/c1-3-5-7-9-11-13-15-17-19-20-21-22-24-26-28-30-32-34-36-38-46(50)56-44(40-48)42-54-57(51,52)53-41-43(39-47)55-45(49)37-35-33-31-29-27-25-23-18-16-14-12-10-8-6-4-2/h5-8,11-14,17-19,21-23,26,28,43-44,47-48H,3-4,9-10,15-16,20,24-25,27,29-42H2,1-2H3,(H,51,52)/b7-5-,8-6-,13-11-,14-12-,19-17-,22-21-,23-18-,28-26-. The number of esters is 2. The second kappa shape index (κ2) is 41.1. The van der Waals surface area contributed by atoms with E-state index in [9.17, 15) is 29.3 Å². The number of ether oxygens (including phenoxy) is 2. The van der Waals surface area contributed by atoms with Crippen LogP contribution in [0.5, 0.6) is 0 Å². The van der Waals surface area contributed by atoms with E-state index in [2.05, 4.69) is 111 Å². The van der Waals surface area contributed by atoms with Gasteiger partial charge in [0.1, 0.15) is 12.2 Å². The maximum absolute atomic E-state index is 12.4. The molecule has 0 aromatic heterocycles. The van der Waals surface area contributed by atoms with Crippen molar-refractivity contribution in [3.63, 3.8) is 0 Å². The van der Waals surface area contributed by atoms with E-state index in [0.717, 1.165) is 103 Å². The summed E-state index contributed by atoms with van der Waals surface area (Å²) in [5.74, 6) is -1.08. The van der Waals surface area contributed by atoms with Gasteiger partial charge in [-0.1, -0.05) is 137 Å². The van der Waals surface area contributed by atoms with Crippen molar-refractivity contribution in [2.24, 2.45) is 0 Å². The van der Waals surface area contributed by atoms with Crippen LogP contribution in [-0.2, 0) is 32.7 Å². The molecular weight excluding hydrogens is 743 g/mol. The number of allylic oxidation sites excluding steroid dienone is 16. The molecule has 0 amide bonds. The summed E-state index contributed by atoms with van der Waals surface area (Å²) >= 11 is 0. The smallest absolute Gasteiger partial charge is 0.457 e. The van der Waals surface area contributed by atoms with Gasteiger partial charge in [-0.25, -0.2) is 4.57 Å². The second-order valence-corrected chi connectivity index (χ2v) is 15.0. The minimum atomic E-state index is -4.66. The van der Waals surface area contributed by atoms with E-state index in [4.69, 9.17) is 18.5 Å². The van der Waals surface area contributed by atoms with Crippen LogP contribution in [0.4, 0.5) is 0 Å². The molecule has 0 saturated carbocycles. The molecule has 3 N–H and O–H groups in total. The molecule has 0 aliphatic heterocycles. The van der Waals surface area contributed by atoms with Crippen molar-refractivity contribution in [2.45, 2.75) is 154 Å². The van der Waals surface area contributed by atoms with Gasteiger partial charge in [-0.05, 0) is 89.9 Å². The largest absolute Gasteiger partial charge is 0.472 e. The van der Waals surface area contributed by atoms with E-state index in [1.165, 1.54) is 0 Å². The van der Waals surface area contributed by atoms with Crippen LogP contribution in [0, 0.1) is 0 Å². The van der Waals surface area contributed by atoms with E-state index in [0.29, 0.717) is 12.8 Å². The molecular formula is C46H75O10P. The molecule has 0 bridgehead atoms. The molecule has 0 spiro atoms. The highest BCUT2D eigenvalue weighted by Gasteiger charge is 2.27. The summed E-state index contributed by atoms with van der Waals surface area (Å²) in [4.78, 5) is 34.5. The predicted molar refractivity (Wildman–Crippen MR) is 232 cm³/mol. The second-order valence-electron chi connectivity index (χ2n) is 13.6. The Bertz CT molecular complexity index is 1260. The fraction of sp³-hybridized carbons (Fsp3) is 0.609. The number of hydrogen-bond acceptors (Lipinski definition) is 9. The molecule has 10 nitrogen and oxygen atoms in total. The molecule has 0 aliphatic rings. The molecule has 0 fully saturated rings. The van der Waals surface area contributed by atoms with Gasteiger partial charge < -0.3 is 24.6 Å². The molecule has 0 radical (unpaired) electrons. The number of phosphoric ester groups is 1. The number of carbonyl (C=O) groups excluding carboxylic acids is 2. The Hall–Kier alpha value is -3.11. The highest BCUT2D eigenvalue weighted by molar-refractivity contribution is 7.47. The van der Waals surface area contributed by atoms with Crippen LogP contribution in [0.2, 0.25) is 0 Å². The maximum Gasteiger partial charge on any atom is 0.472 e. The molecule has 324 valence electrons. The number of aliphatic hydroxyl groups excluding tert-OH is 2. The highest BCUT2D eigenvalue weighted by Crippen LogP contribution is 2.43. The molecule has 0 heterocycles. The van der Waals surface area contributed by atoms with Crippen molar-refractivity contribution in [3.8, 4) is 0 Å². The summed E-state index contributed by atoms with van der Waals surface area (Å²) in [5.41, 5.74) is 0. The molecule has 57 heavy (non-hydrogen) atoms. The lowest BCUT2D eigenvalue weighted by atomic mass is 10.1. The normalized spacial score (nSPS) is 14.8. The zero-order valence-electron chi connectivity index (χ0n) is 35.0. The average molecular weight is 819 g/mol. The first-order valence-electron chi connectivity index (χ1n) is 21.2. The molecule has 3 unspecified atom stereocenters. The van der Waals surface area contributed by atoms with Crippen molar-refractivity contribution in [1.82, 2.24) is 0 Å². The van der Waals surface area contributed by atoms with Crippen LogP contribution in [0.3, 0.4) is 0 Å². The van der Waals surface area contributed by atoms with Gasteiger partial charge >= 0.3 is 19.8 Å². The quantitative estimate of drug-likeness (QED) is 0.0238. The van der Waals surface area contributed by atoms with Gasteiger partial charge in [0, 0.05) is 12.8 Å². The summed E-state index contributed by atoms with van der Waals surface area (Å²) in [6.07, 6.45) is 49.5. The molecule has 3 atom stereocenters. The molecule has 0 aliphatic carbocycles. The third kappa shape index (κ3) is 39.5. The average Bonchev–Trinajstić information content (AvgIpc) is 3.20. The van der Waals surface area contributed by atoms with Gasteiger partial charge in [-0.2, -0.15) is 0 Å². The number of carbonyl (C=O) groups is 2. The first kappa shape index (κ1) is 53.9. The van der Waals surface area contributed by atoms with Gasteiger partial charge in [-0.15, -0.1) is 0 Å². The van der Waals surface area contributed by atoms with Crippen molar-refractivity contribution in [3.05, 3.63) is 97.2 Å². The van der Waals surface area contributed by atoms with Gasteiger partial charge in [0.05, 0.1) is 26.4 Å². The van der Waals surface area contributed by atoms with Gasteiger partial charge in [0.15, 0.2) is 0 Å². The SMILES string of the molecule is CC/C=C\C/C=C\C/C=C\C/C=C\C/C=C\CCCCCC(=O)OC(CO)COP(=O)(O)OCC(CO)OC(=O)CCCCCCC/C=C\C/C=C\C/C=C\CC. The fourth-order valence-electron chi connectivity index (χ4n) is 5.09. The maximum atomic E-state index is 12.4. The predicted octanol–water partition coefficient (Wildman–Crippen LogP) is 11.2. The third-order valence-electron chi connectivity index (χ3n) is 8.29. The topological polar surface area (TPSA) is 149 Å². The minimum Gasteiger partial charge on any atom is -0.457 e. The lowest BCUT2D eigenvalue weighted by Crippen LogP contribution is -2.28. The number of aliphatic hydroxyl groups is 2. The first-order valence-corrected chi connectivity index (χ1v) is 22.7. The van der Waals surface area contributed by atoms with Crippen molar-refractivity contribution in [1.29, 1.82) is 0 Å². The van der Waals surface area contributed by atoms with E-state index in [1.807, 2.05) is 0 Å². The lowest BCUT2D eigenvalue weighted by Gasteiger charge is -2.20. The fourth-order valence-corrected chi connectivity index (χ4v) is 5.88. The molecule has 0 saturated heterocycles. The van der Waals surface area contributed by atoms with Crippen LogP contribution in [-0.4, -0.2) is 65.7 Å². The number of hydrogen-bond donors (Lipinski definition) is 3. The van der Waals surface area contributed by atoms with E-state index < -0.39 is 58.4 Å². The van der Waals surface area contributed by atoms with Crippen molar-refractivity contribution in [2.75, 3.05) is 26.4 Å². The van der Waals surface area contributed by atoms with E-state index in [1.54, 1.807) is 0 Å². The van der Waals surface area contributed by atoms with Crippen LogP contribution in [0.1, 0.15) is 142 Å². The summed E-state index contributed by atoms with van der Waals surface area (Å²) in [7, 11) is -4.66. The van der Waals surface area contributed by atoms with E-state index >= 15 is 0 Å². The molecule has 0 rings (SSSR count). The number of unbranched alkanes of at least 4 members (excludes halogenated alkanes) is 8. The van der Waals surface area contributed by atoms with Gasteiger partial charge in [0.2, 0.25) is 0 Å². The van der Waals surface area contributed by atoms with Crippen LogP contribution >= 0.6 is 7.82 Å². The Balaban J connectivity index is 4.04. The number of rotatable bonds is 38. The Kier molecular flexibility index (Phi) is 38.8. The van der Waals surface area contributed by atoms with Gasteiger partial charge in [-0.3, -0.25) is 18.6 Å². The van der Waals surface area contributed by atoms with Crippen molar-refractivity contribution >= 4 is 19.8 Å². The van der Waals surface area contributed by atoms with Crippen LogP contribution in [0.15, 0.2) is 97.2 Å².